The quantitative estimate of drug-likeness (QED) is 0.596. The van der Waals surface area contributed by atoms with Crippen molar-refractivity contribution in [2.45, 2.75) is 45.4 Å². The number of halogens is 1. The number of carbonyl (C=O) groups excluding carboxylic acids is 2. The molecule has 21 heavy (non-hydrogen) atoms. The number of nitrogens with zero attached hydrogens (tertiary/aromatic N) is 1. The van der Waals surface area contributed by atoms with Crippen molar-refractivity contribution in [2.75, 3.05) is 11.4 Å². The number of Topliss-reactive ketones (excluding diaryl/α,β-unsaturated/α-hetero) is 1. The van der Waals surface area contributed by atoms with Gasteiger partial charge in [0.25, 0.3) is 0 Å². The van der Waals surface area contributed by atoms with Crippen molar-refractivity contribution in [1.29, 1.82) is 0 Å². The molecular weight excluding hydrogens is 330 g/mol. The van der Waals surface area contributed by atoms with E-state index in [9.17, 15) is 9.59 Å². The van der Waals surface area contributed by atoms with Crippen molar-refractivity contribution in [1.82, 2.24) is 0 Å². The maximum absolute atomic E-state index is 12.5. The molecule has 0 fully saturated rings. The molecule has 1 aliphatic rings. The van der Waals surface area contributed by atoms with Crippen LogP contribution in [0.3, 0.4) is 0 Å². The summed E-state index contributed by atoms with van der Waals surface area (Å²) < 4.78 is -0.569. The van der Waals surface area contributed by atoms with Gasteiger partial charge in [0.15, 0.2) is 5.78 Å². The molecule has 0 aliphatic carbocycles. The normalized spacial score (nSPS) is 15.0. The zero-order valence-corrected chi connectivity index (χ0v) is 14.9. The molecule has 0 atom stereocenters. The summed E-state index contributed by atoms with van der Waals surface area (Å²) in [5.74, 6) is 0.187. The first-order chi connectivity index (χ1) is 9.51. The van der Waals surface area contributed by atoms with Crippen LogP contribution in [0.1, 0.15) is 50.5 Å². The van der Waals surface area contributed by atoms with Crippen LogP contribution in [0.25, 0.3) is 0 Å². The lowest BCUT2D eigenvalue weighted by molar-refractivity contribution is -0.125. The molecule has 114 valence electrons. The Morgan fingerprint density at radius 1 is 1.14 bits per heavy atom. The molecule has 0 bridgehead atoms. The predicted molar refractivity (Wildman–Crippen MR) is 89.3 cm³/mol. The summed E-state index contributed by atoms with van der Waals surface area (Å²) in [5, 5.41) is 0. The molecule has 4 heteroatoms. The predicted octanol–water partition coefficient (Wildman–Crippen LogP) is 3.98. The zero-order chi connectivity index (χ0) is 16.0. The average Bonchev–Trinajstić information content (AvgIpc) is 2.77. The summed E-state index contributed by atoms with van der Waals surface area (Å²) in [6.45, 7) is 10.2. The summed E-state index contributed by atoms with van der Waals surface area (Å²) >= 11 is 3.41. The molecule has 0 unspecified atom stereocenters. The Balaban J connectivity index is 2.34. The van der Waals surface area contributed by atoms with E-state index in [0.29, 0.717) is 12.1 Å². The van der Waals surface area contributed by atoms with Crippen molar-refractivity contribution < 1.29 is 9.59 Å². The number of hydrogen-bond acceptors (Lipinski definition) is 2. The molecular formula is C17H22BrNO2. The SMILES string of the molecule is CC(C)(C)C(=O)N1CCc2cc(C(=O)C(C)(C)Br)ccc21. The van der Waals surface area contributed by atoms with E-state index in [1.807, 2.05) is 57.7 Å². The van der Waals surface area contributed by atoms with E-state index in [1.165, 1.54) is 0 Å². The smallest absolute Gasteiger partial charge is 0.232 e. The third-order valence-corrected chi connectivity index (χ3v) is 4.02. The van der Waals surface area contributed by atoms with Crippen molar-refractivity contribution >= 4 is 33.3 Å². The minimum absolute atomic E-state index is 0.0610. The van der Waals surface area contributed by atoms with E-state index in [-0.39, 0.29) is 11.7 Å². The van der Waals surface area contributed by atoms with E-state index in [0.717, 1.165) is 17.7 Å². The number of ketones is 1. The monoisotopic (exact) mass is 351 g/mol. The molecule has 3 nitrogen and oxygen atoms in total. The zero-order valence-electron chi connectivity index (χ0n) is 13.3. The number of alkyl halides is 1. The van der Waals surface area contributed by atoms with Crippen LogP contribution in [0.4, 0.5) is 5.69 Å². The van der Waals surface area contributed by atoms with Crippen molar-refractivity contribution in [3.8, 4) is 0 Å². The highest BCUT2D eigenvalue weighted by atomic mass is 79.9. The first-order valence-corrected chi connectivity index (χ1v) is 8.00. The Labute approximate surface area is 134 Å². The molecule has 0 aromatic heterocycles. The third kappa shape index (κ3) is 3.20. The van der Waals surface area contributed by atoms with Crippen LogP contribution in [-0.2, 0) is 11.2 Å². The maximum Gasteiger partial charge on any atom is 0.232 e. The number of amides is 1. The first-order valence-electron chi connectivity index (χ1n) is 7.20. The molecule has 0 saturated carbocycles. The molecule has 1 heterocycles. The summed E-state index contributed by atoms with van der Waals surface area (Å²) in [4.78, 5) is 26.6. The summed E-state index contributed by atoms with van der Waals surface area (Å²) in [6.07, 6.45) is 0.807. The lowest BCUT2D eigenvalue weighted by Crippen LogP contribution is -2.38. The molecule has 0 radical (unpaired) electrons. The fraction of sp³-hybridized carbons (Fsp3) is 0.529. The molecule has 2 rings (SSSR count). The van der Waals surface area contributed by atoms with Crippen molar-refractivity contribution in [3.63, 3.8) is 0 Å². The lowest BCUT2D eigenvalue weighted by Gasteiger charge is -2.26. The molecule has 1 aromatic rings. The molecule has 0 saturated heterocycles. The van der Waals surface area contributed by atoms with Crippen LogP contribution in [0, 0.1) is 5.41 Å². The Hall–Kier alpha value is -1.16. The van der Waals surface area contributed by atoms with Gasteiger partial charge in [0, 0.05) is 23.2 Å². The highest BCUT2D eigenvalue weighted by molar-refractivity contribution is 9.10. The molecule has 1 aliphatic heterocycles. The number of carbonyl (C=O) groups is 2. The number of anilines is 1. The van der Waals surface area contributed by atoms with Gasteiger partial charge in [0.2, 0.25) is 5.91 Å². The van der Waals surface area contributed by atoms with Crippen LogP contribution >= 0.6 is 15.9 Å². The Morgan fingerprint density at radius 2 is 1.76 bits per heavy atom. The Morgan fingerprint density at radius 3 is 2.29 bits per heavy atom. The highest BCUT2D eigenvalue weighted by Crippen LogP contribution is 2.33. The topological polar surface area (TPSA) is 37.4 Å². The minimum Gasteiger partial charge on any atom is -0.311 e. The number of fused-ring (bicyclic) bond motifs is 1. The molecule has 0 spiro atoms. The van der Waals surface area contributed by atoms with Gasteiger partial charge in [-0.2, -0.15) is 0 Å². The third-order valence-electron chi connectivity index (χ3n) is 3.66. The Bertz CT molecular complexity index is 594. The van der Waals surface area contributed by atoms with Gasteiger partial charge in [-0.3, -0.25) is 9.59 Å². The van der Waals surface area contributed by atoms with Crippen LogP contribution < -0.4 is 4.90 Å². The van der Waals surface area contributed by atoms with E-state index in [4.69, 9.17) is 0 Å². The van der Waals surface area contributed by atoms with Gasteiger partial charge in [-0.15, -0.1) is 0 Å². The van der Waals surface area contributed by atoms with Gasteiger partial charge in [-0.05, 0) is 44.0 Å². The van der Waals surface area contributed by atoms with Crippen LogP contribution in [0.15, 0.2) is 18.2 Å². The van der Waals surface area contributed by atoms with Gasteiger partial charge < -0.3 is 4.90 Å². The van der Waals surface area contributed by atoms with Crippen LogP contribution in [0.2, 0.25) is 0 Å². The van der Waals surface area contributed by atoms with Crippen molar-refractivity contribution in [3.05, 3.63) is 29.3 Å². The van der Waals surface area contributed by atoms with Gasteiger partial charge in [-0.25, -0.2) is 0 Å². The summed E-state index contributed by atoms with van der Waals surface area (Å²) in [6, 6.07) is 5.65. The van der Waals surface area contributed by atoms with E-state index >= 15 is 0 Å². The molecule has 1 aromatic carbocycles. The second kappa shape index (κ2) is 5.24. The standard InChI is InChI=1S/C17H22BrNO2/c1-16(2,3)15(21)19-9-8-11-10-12(6-7-13(11)19)14(20)17(4,5)18/h6-7,10H,8-9H2,1-5H3. The van der Waals surface area contributed by atoms with Gasteiger partial charge in [0.05, 0.1) is 4.32 Å². The molecule has 1 amide bonds. The fourth-order valence-electron chi connectivity index (χ4n) is 2.50. The van der Waals surface area contributed by atoms with Gasteiger partial charge in [0.1, 0.15) is 0 Å². The largest absolute Gasteiger partial charge is 0.311 e. The maximum atomic E-state index is 12.5. The number of hydrogen-bond donors (Lipinski definition) is 0. The Kier molecular flexibility index (Phi) is 4.04. The lowest BCUT2D eigenvalue weighted by atomic mass is 9.94. The summed E-state index contributed by atoms with van der Waals surface area (Å²) in [5.41, 5.74) is 2.32. The fourth-order valence-corrected chi connectivity index (χ4v) is 2.73. The first kappa shape index (κ1) is 16.2. The van der Waals surface area contributed by atoms with Gasteiger partial charge >= 0.3 is 0 Å². The van der Waals surface area contributed by atoms with Crippen LogP contribution in [-0.4, -0.2) is 22.6 Å². The highest BCUT2D eigenvalue weighted by Gasteiger charge is 2.33. The average molecular weight is 352 g/mol. The van der Waals surface area contributed by atoms with E-state index < -0.39 is 9.74 Å². The van der Waals surface area contributed by atoms with Crippen molar-refractivity contribution in [2.24, 2.45) is 5.41 Å². The second-order valence-corrected chi connectivity index (χ2v) is 9.08. The molecule has 0 N–H and O–H groups in total. The van der Waals surface area contributed by atoms with Crippen LogP contribution in [0.5, 0.6) is 0 Å². The number of benzene rings is 1. The number of rotatable bonds is 2. The summed E-state index contributed by atoms with van der Waals surface area (Å²) in [7, 11) is 0. The second-order valence-electron chi connectivity index (χ2n) is 7.10. The van der Waals surface area contributed by atoms with Gasteiger partial charge in [-0.1, -0.05) is 36.7 Å². The van der Waals surface area contributed by atoms with E-state index in [1.54, 1.807) is 0 Å². The van der Waals surface area contributed by atoms with E-state index in [2.05, 4.69) is 15.9 Å². The minimum atomic E-state index is -0.569.